The normalized spacial score (nSPS) is 9.35. The highest BCUT2D eigenvalue weighted by molar-refractivity contribution is 5.48. The van der Waals surface area contributed by atoms with E-state index in [1.54, 1.807) is 12.4 Å². The molecule has 0 saturated carbocycles. The molecule has 0 fully saturated rings. The Morgan fingerprint density at radius 1 is 0.882 bits per heavy atom. The van der Waals surface area contributed by atoms with Crippen LogP contribution in [0.1, 0.15) is 17.0 Å². The van der Waals surface area contributed by atoms with Gasteiger partial charge >= 0.3 is 0 Å². The second-order valence-corrected chi connectivity index (χ2v) is 3.80. The lowest BCUT2D eigenvalue weighted by Gasteiger charge is -1.99. The zero-order valence-corrected chi connectivity index (χ0v) is 10.4. The molecule has 0 atom stereocenters. The van der Waals surface area contributed by atoms with Crippen LogP contribution in [-0.2, 0) is 0 Å². The van der Waals surface area contributed by atoms with Gasteiger partial charge in [-0.1, -0.05) is 0 Å². The van der Waals surface area contributed by atoms with Crippen LogP contribution in [0.4, 0.5) is 11.4 Å². The minimum absolute atomic E-state index is 0.757. The smallest absolute Gasteiger partial charge is 0.0604 e. The number of nitrogens with zero attached hydrogens (tertiary/aromatic N) is 2. The Labute approximate surface area is 102 Å². The van der Waals surface area contributed by atoms with E-state index in [9.17, 15) is 0 Å². The lowest BCUT2D eigenvalue weighted by atomic mass is 10.2. The zero-order valence-electron chi connectivity index (χ0n) is 10.4. The van der Waals surface area contributed by atoms with Crippen molar-refractivity contribution < 1.29 is 0 Å². The molecule has 0 unspecified atom stereocenters. The molecule has 4 N–H and O–H groups in total. The van der Waals surface area contributed by atoms with Gasteiger partial charge in [0.1, 0.15) is 0 Å². The summed E-state index contributed by atoms with van der Waals surface area (Å²) in [6.07, 6.45) is 3.49. The first-order valence-electron chi connectivity index (χ1n) is 5.37. The molecule has 2 aromatic heterocycles. The van der Waals surface area contributed by atoms with E-state index in [2.05, 4.69) is 9.97 Å². The van der Waals surface area contributed by atoms with E-state index in [1.807, 2.05) is 39.0 Å². The molecule has 0 spiro atoms. The first-order chi connectivity index (χ1) is 8.02. The van der Waals surface area contributed by atoms with Crippen LogP contribution in [0.2, 0.25) is 0 Å². The van der Waals surface area contributed by atoms with Gasteiger partial charge in [-0.3, -0.25) is 9.97 Å². The van der Waals surface area contributed by atoms with Crippen molar-refractivity contribution in [2.24, 2.45) is 0 Å². The van der Waals surface area contributed by atoms with E-state index in [1.165, 1.54) is 0 Å². The van der Waals surface area contributed by atoms with Gasteiger partial charge < -0.3 is 11.5 Å². The number of anilines is 2. The Morgan fingerprint density at radius 3 is 1.94 bits per heavy atom. The minimum atomic E-state index is 0.757. The largest absolute Gasteiger partial charge is 0.397 e. The number of pyridine rings is 2. The Hall–Kier alpha value is -2.10. The molecule has 2 aromatic rings. The van der Waals surface area contributed by atoms with Crippen LogP contribution in [0, 0.1) is 20.8 Å². The van der Waals surface area contributed by atoms with Gasteiger partial charge in [-0.2, -0.15) is 0 Å². The lowest BCUT2D eigenvalue weighted by Crippen LogP contribution is -1.94. The third-order valence-electron chi connectivity index (χ3n) is 2.46. The molecule has 0 saturated heterocycles. The SMILES string of the molecule is Cc1ccnc(C)c1N.Cc1ncccc1N. The molecule has 2 rings (SSSR count). The molecule has 0 bridgehead atoms. The predicted octanol–water partition coefficient (Wildman–Crippen LogP) is 2.25. The van der Waals surface area contributed by atoms with E-state index in [0.29, 0.717) is 0 Å². The number of nitrogens with two attached hydrogens (primary N) is 2. The van der Waals surface area contributed by atoms with Gasteiger partial charge in [-0.15, -0.1) is 0 Å². The highest BCUT2D eigenvalue weighted by atomic mass is 14.7. The van der Waals surface area contributed by atoms with Crippen molar-refractivity contribution in [1.82, 2.24) is 9.97 Å². The highest BCUT2D eigenvalue weighted by Crippen LogP contribution is 2.10. The van der Waals surface area contributed by atoms with Gasteiger partial charge in [-0.05, 0) is 44.5 Å². The molecule has 0 aromatic carbocycles. The van der Waals surface area contributed by atoms with Crippen LogP contribution < -0.4 is 11.5 Å². The maximum absolute atomic E-state index is 5.62. The number of rotatable bonds is 0. The van der Waals surface area contributed by atoms with Crippen molar-refractivity contribution in [2.75, 3.05) is 11.5 Å². The average Bonchev–Trinajstić information content (AvgIpc) is 2.31. The summed E-state index contributed by atoms with van der Waals surface area (Å²) in [7, 11) is 0. The molecule has 0 aliphatic heterocycles. The maximum Gasteiger partial charge on any atom is 0.0604 e. The Bertz CT molecular complexity index is 453. The van der Waals surface area contributed by atoms with Crippen molar-refractivity contribution in [3.63, 3.8) is 0 Å². The molecule has 2 heterocycles. The molecule has 4 heteroatoms. The number of aryl methyl sites for hydroxylation is 3. The van der Waals surface area contributed by atoms with Crippen molar-refractivity contribution in [3.05, 3.63) is 47.5 Å². The molecular weight excluding hydrogens is 212 g/mol. The van der Waals surface area contributed by atoms with Gasteiger partial charge in [0.25, 0.3) is 0 Å². The summed E-state index contributed by atoms with van der Waals surface area (Å²) >= 11 is 0. The fraction of sp³-hybridized carbons (Fsp3) is 0.231. The minimum Gasteiger partial charge on any atom is -0.397 e. The van der Waals surface area contributed by atoms with Crippen LogP contribution in [-0.4, -0.2) is 9.97 Å². The van der Waals surface area contributed by atoms with Gasteiger partial charge in [0, 0.05) is 12.4 Å². The van der Waals surface area contributed by atoms with Gasteiger partial charge in [-0.25, -0.2) is 0 Å². The molecular formula is C13H18N4. The molecule has 17 heavy (non-hydrogen) atoms. The molecule has 90 valence electrons. The van der Waals surface area contributed by atoms with Gasteiger partial charge in [0.2, 0.25) is 0 Å². The molecule has 0 radical (unpaired) electrons. The summed E-state index contributed by atoms with van der Waals surface area (Å²) in [5.74, 6) is 0. The fourth-order valence-corrected chi connectivity index (χ4v) is 1.20. The monoisotopic (exact) mass is 230 g/mol. The predicted molar refractivity (Wildman–Crippen MR) is 71.5 cm³/mol. The summed E-state index contributed by atoms with van der Waals surface area (Å²) in [6, 6.07) is 5.56. The summed E-state index contributed by atoms with van der Waals surface area (Å²) in [6.45, 7) is 5.77. The quantitative estimate of drug-likeness (QED) is 0.727. The first-order valence-corrected chi connectivity index (χ1v) is 5.37. The van der Waals surface area contributed by atoms with E-state index in [4.69, 9.17) is 11.5 Å². The molecule has 0 aliphatic carbocycles. The van der Waals surface area contributed by atoms with Crippen LogP contribution >= 0.6 is 0 Å². The zero-order chi connectivity index (χ0) is 12.8. The molecule has 0 aliphatic rings. The fourth-order valence-electron chi connectivity index (χ4n) is 1.20. The van der Waals surface area contributed by atoms with Crippen molar-refractivity contribution in [3.8, 4) is 0 Å². The Balaban J connectivity index is 0.000000171. The van der Waals surface area contributed by atoms with Crippen molar-refractivity contribution in [2.45, 2.75) is 20.8 Å². The van der Waals surface area contributed by atoms with Gasteiger partial charge in [0.05, 0.1) is 22.8 Å². The van der Waals surface area contributed by atoms with Crippen LogP contribution in [0.25, 0.3) is 0 Å². The van der Waals surface area contributed by atoms with Crippen molar-refractivity contribution in [1.29, 1.82) is 0 Å². The van der Waals surface area contributed by atoms with E-state index >= 15 is 0 Å². The second-order valence-electron chi connectivity index (χ2n) is 3.80. The van der Waals surface area contributed by atoms with Crippen LogP contribution in [0.15, 0.2) is 30.6 Å². The third kappa shape index (κ3) is 3.75. The number of hydrogen-bond acceptors (Lipinski definition) is 4. The topological polar surface area (TPSA) is 77.8 Å². The van der Waals surface area contributed by atoms with E-state index < -0.39 is 0 Å². The van der Waals surface area contributed by atoms with E-state index in [-0.39, 0.29) is 0 Å². The molecule has 4 nitrogen and oxygen atoms in total. The number of hydrogen-bond donors (Lipinski definition) is 2. The van der Waals surface area contributed by atoms with Gasteiger partial charge in [0.15, 0.2) is 0 Å². The number of aromatic nitrogens is 2. The highest BCUT2D eigenvalue weighted by Gasteiger charge is 1.94. The van der Waals surface area contributed by atoms with Crippen molar-refractivity contribution >= 4 is 11.4 Å². The maximum atomic E-state index is 5.62. The third-order valence-corrected chi connectivity index (χ3v) is 2.46. The molecule has 0 amide bonds. The van der Waals surface area contributed by atoms with Crippen LogP contribution in [0.5, 0.6) is 0 Å². The lowest BCUT2D eigenvalue weighted by molar-refractivity contribution is 1.18. The second kappa shape index (κ2) is 5.84. The first kappa shape index (κ1) is 13.0. The summed E-state index contributed by atoms with van der Waals surface area (Å²) in [5.41, 5.74) is 15.5. The average molecular weight is 230 g/mol. The Kier molecular flexibility index (Phi) is 4.46. The standard InChI is InChI=1S/C7H10N2.C6H8N2/c1-5-3-4-9-6(2)7(5)8;1-5-6(7)3-2-4-8-5/h3-4H,8H2,1-2H3;2-4H,7H2,1H3. The summed E-state index contributed by atoms with van der Waals surface area (Å²) in [4.78, 5) is 7.97. The van der Waals surface area contributed by atoms with Crippen LogP contribution in [0.3, 0.4) is 0 Å². The summed E-state index contributed by atoms with van der Waals surface area (Å²) < 4.78 is 0. The number of nitrogen functional groups attached to an aromatic ring is 2. The van der Waals surface area contributed by atoms with E-state index in [0.717, 1.165) is 28.3 Å². The Morgan fingerprint density at radius 2 is 1.53 bits per heavy atom. The summed E-state index contributed by atoms with van der Waals surface area (Å²) in [5, 5.41) is 0.